The van der Waals surface area contributed by atoms with E-state index in [1.165, 1.54) is 32.4 Å². The molecule has 0 aromatic rings. The van der Waals surface area contributed by atoms with Gasteiger partial charge < -0.3 is 134 Å². The molecule has 98 heavy (non-hydrogen) atoms. The van der Waals surface area contributed by atoms with Crippen molar-refractivity contribution in [1.82, 2.24) is 0 Å². The Morgan fingerprint density at radius 2 is 0.847 bits per heavy atom. The van der Waals surface area contributed by atoms with Crippen LogP contribution in [0, 0.1) is 0 Å². The molecule has 5 fully saturated rings. The highest BCUT2D eigenvalue weighted by Gasteiger charge is 2.53. The zero-order valence-electron chi connectivity index (χ0n) is 58.2. The fourth-order valence-electron chi connectivity index (χ4n) is 11.8. The van der Waals surface area contributed by atoms with Crippen molar-refractivity contribution >= 4 is 5.97 Å². The Kier molecular flexibility index (Phi) is 34.6. The van der Waals surface area contributed by atoms with Crippen molar-refractivity contribution < 1.29 is 139 Å². The van der Waals surface area contributed by atoms with Gasteiger partial charge in [0.15, 0.2) is 37.6 Å². The van der Waals surface area contributed by atoms with Crippen molar-refractivity contribution in [2.24, 2.45) is 0 Å². The molecule has 5 heterocycles. The van der Waals surface area contributed by atoms with Crippen molar-refractivity contribution in [2.45, 2.75) is 311 Å². The van der Waals surface area contributed by atoms with E-state index in [9.17, 15) is 86.5 Å². The van der Waals surface area contributed by atoms with Gasteiger partial charge in [-0.25, -0.2) is 4.79 Å². The fourth-order valence-corrected chi connectivity index (χ4v) is 11.8. The lowest BCUT2D eigenvalue weighted by molar-refractivity contribution is -0.362. The summed E-state index contributed by atoms with van der Waals surface area (Å²) in [7, 11) is 0. The van der Waals surface area contributed by atoms with E-state index in [-0.39, 0.29) is 18.6 Å². The molecule has 5 aliphatic rings. The molecular weight excluding hydrogens is 1290 g/mol. The molecule has 562 valence electrons. The van der Waals surface area contributed by atoms with E-state index in [1.807, 2.05) is 52.8 Å². The van der Waals surface area contributed by atoms with Crippen LogP contribution < -0.4 is 0 Å². The van der Waals surface area contributed by atoms with E-state index in [0.29, 0.717) is 44.9 Å². The Morgan fingerprint density at radius 1 is 0.459 bits per heavy atom. The SMILES string of the molecule is C=CC(C)(CCC=C(C)CCC=C(C)CCC=C(C)COC1OC(C)C(O)C(OC2OC(COC3OC(C)C(O)C(OC(=O)C(C)=CC(O)CC(C)=CCCC(C)=CCCC(C)(C=C)OC4OC(CO)C(O)C(O)C4O)C3O)C(O)C(O)C2O)C1O)OC1OC(CO)C(O)C(O)C1O. The number of aliphatic hydroxyl groups excluding tert-OH is 16. The third-order valence-electron chi connectivity index (χ3n) is 18.7. The maximum absolute atomic E-state index is 13.4. The molecule has 28 unspecified atom stereocenters. The molecule has 28 nitrogen and oxygen atoms in total. The molecule has 0 aromatic carbocycles. The lowest BCUT2D eigenvalue weighted by atomic mass is 9.96. The molecule has 0 saturated carbocycles. The van der Waals surface area contributed by atoms with E-state index in [2.05, 4.69) is 25.3 Å². The van der Waals surface area contributed by atoms with E-state index >= 15 is 0 Å². The predicted octanol–water partition coefficient (Wildman–Crippen LogP) is 0.910. The summed E-state index contributed by atoms with van der Waals surface area (Å²) >= 11 is 0. The Morgan fingerprint density at radius 3 is 1.31 bits per heavy atom. The van der Waals surface area contributed by atoms with Gasteiger partial charge in [-0.1, -0.05) is 70.4 Å². The summed E-state index contributed by atoms with van der Waals surface area (Å²) in [5.41, 5.74) is 3.08. The minimum absolute atomic E-state index is 0.0298. The van der Waals surface area contributed by atoms with Crippen LogP contribution in [0.1, 0.15) is 140 Å². The first-order valence-electron chi connectivity index (χ1n) is 33.8. The van der Waals surface area contributed by atoms with Crippen LogP contribution in [0.25, 0.3) is 0 Å². The molecule has 5 rings (SSSR count). The number of aliphatic hydroxyl groups is 16. The molecule has 28 atom stereocenters. The van der Waals surface area contributed by atoms with Gasteiger partial charge in [0.25, 0.3) is 0 Å². The Balaban J connectivity index is 1.05. The lowest BCUT2D eigenvalue weighted by Gasteiger charge is -2.46. The molecule has 28 heteroatoms. The number of esters is 1. The van der Waals surface area contributed by atoms with Crippen LogP contribution >= 0.6 is 0 Å². The van der Waals surface area contributed by atoms with E-state index in [0.717, 1.165) is 41.6 Å². The van der Waals surface area contributed by atoms with Crippen LogP contribution in [0.15, 0.2) is 95.2 Å². The molecule has 0 spiro atoms. The number of hydrogen-bond donors (Lipinski definition) is 16. The second-order valence-electron chi connectivity index (χ2n) is 27.2. The monoisotopic (exact) mass is 1400 g/mol. The zero-order valence-corrected chi connectivity index (χ0v) is 58.2. The quantitative estimate of drug-likeness (QED) is 0.0235. The number of allylic oxidation sites excluding steroid dienone is 8. The summed E-state index contributed by atoms with van der Waals surface area (Å²) in [6.07, 6.45) is -17.4. The van der Waals surface area contributed by atoms with Gasteiger partial charge in [0.1, 0.15) is 104 Å². The number of carbonyl (C=O) groups is 1. The molecule has 0 aliphatic carbocycles. The molecule has 0 amide bonds. The first kappa shape index (κ1) is 85.0. The van der Waals surface area contributed by atoms with Crippen LogP contribution in [0.2, 0.25) is 0 Å². The summed E-state index contributed by atoms with van der Waals surface area (Å²) in [6.45, 7) is 23.5. The summed E-state index contributed by atoms with van der Waals surface area (Å²) in [5.74, 6) is -0.969. The third-order valence-corrected chi connectivity index (χ3v) is 18.7. The average molecular weight is 1400 g/mol. The summed E-state index contributed by atoms with van der Waals surface area (Å²) in [6, 6.07) is 0. The number of rotatable bonds is 36. The first-order chi connectivity index (χ1) is 46.1. The topological polar surface area (TPSA) is 442 Å². The van der Waals surface area contributed by atoms with Gasteiger partial charge in [-0.15, -0.1) is 13.2 Å². The Labute approximate surface area is 574 Å². The van der Waals surface area contributed by atoms with Crippen molar-refractivity contribution in [3.05, 3.63) is 95.2 Å². The predicted molar refractivity (Wildman–Crippen MR) is 352 cm³/mol. The summed E-state index contributed by atoms with van der Waals surface area (Å²) in [4.78, 5) is 13.4. The second-order valence-corrected chi connectivity index (χ2v) is 27.2. The van der Waals surface area contributed by atoms with Crippen LogP contribution in [0.3, 0.4) is 0 Å². The van der Waals surface area contributed by atoms with Crippen LogP contribution in [0.5, 0.6) is 0 Å². The minimum Gasteiger partial charge on any atom is -0.453 e. The van der Waals surface area contributed by atoms with Crippen molar-refractivity contribution in [3.8, 4) is 0 Å². The van der Waals surface area contributed by atoms with E-state index in [4.69, 9.17) is 52.1 Å². The highest BCUT2D eigenvalue weighted by Crippen LogP contribution is 2.35. The largest absolute Gasteiger partial charge is 0.453 e. The van der Waals surface area contributed by atoms with Crippen molar-refractivity contribution in [3.63, 3.8) is 0 Å². The molecular formula is C70H114O28. The standard InChI is InChI=1S/C70H114O28/c1-13-69(11,97-67-57(83)53(79)50(76)45(32-71)92-67)28-18-26-37(4)21-15-20-36(3)23-17-25-40(7)34-88-64-60(86)62(49(75)43(10)90-64)96-66-56(82)55(81)52(78)47(94-66)35-89-65-59(85)61(48(74)42(9)91-65)95-63(87)41(8)31-44(73)30-39(6)24-16-22-38(5)27-19-29-70(12,14-2)98-68-58(84)54(80)51(77)46(33-72)93-68/h13-14,20,24-27,31,42-62,64-68,71-86H,1-2,15-19,21-23,28-30,32-35H2,3-12H3. The van der Waals surface area contributed by atoms with Gasteiger partial charge in [-0.2, -0.15) is 0 Å². The Bertz CT molecular complexity index is 2660. The first-order valence-corrected chi connectivity index (χ1v) is 33.8. The summed E-state index contributed by atoms with van der Waals surface area (Å²) < 4.78 is 63.6. The molecule has 5 aliphatic heterocycles. The van der Waals surface area contributed by atoms with Crippen molar-refractivity contribution in [2.75, 3.05) is 26.4 Å². The Hall–Kier alpha value is -3.65. The number of carbonyl (C=O) groups excluding carboxylic acids is 1. The molecule has 0 bridgehead atoms. The lowest BCUT2D eigenvalue weighted by Crippen LogP contribution is -2.64. The molecule has 16 N–H and O–H groups in total. The second kappa shape index (κ2) is 39.8. The number of hydrogen-bond acceptors (Lipinski definition) is 28. The van der Waals surface area contributed by atoms with E-state index < -0.39 is 197 Å². The molecule has 0 radical (unpaired) electrons. The van der Waals surface area contributed by atoms with Gasteiger partial charge in [0.2, 0.25) is 0 Å². The van der Waals surface area contributed by atoms with Crippen LogP contribution in [-0.2, 0) is 56.9 Å². The van der Waals surface area contributed by atoms with E-state index in [1.54, 1.807) is 26.0 Å². The van der Waals surface area contributed by atoms with Crippen LogP contribution in [0.4, 0.5) is 0 Å². The van der Waals surface area contributed by atoms with Gasteiger partial charge in [-0.3, -0.25) is 0 Å². The fraction of sp³-hybridized carbons (Fsp3) is 0.757. The van der Waals surface area contributed by atoms with Gasteiger partial charge >= 0.3 is 5.97 Å². The maximum Gasteiger partial charge on any atom is 0.333 e. The zero-order chi connectivity index (χ0) is 73.1. The normalized spacial score (nSPS) is 38.2. The van der Waals surface area contributed by atoms with Gasteiger partial charge in [0.05, 0.1) is 55.9 Å². The van der Waals surface area contributed by atoms with Crippen molar-refractivity contribution in [1.29, 1.82) is 0 Å². The summed E-state index contributed by atoms with van der Waals surface area (Å²) in [5, 5.41) is 170. The van der Waals surface area contributed by atoms with Gasteiger partial charge in [-0.05, 0) is 146 Å². The number of ether oxygens (including phenoxy) is 11. The van der Waals surface area contributed by atoms with Crippen LogP contribution in [-0.4, -0.2) is 285 Å². The van der Waals surface area contributed by atoms with Gasteiger partial charge in [0, 0.05) is 5.57 Å². The molecule has 5 saturated heterocycles. The highest BCUT2D eigenvalue weighted by molar-refractivity contribution is 5.88. The molecule has 0 aromatic heterocycles. The smallest absolute Gasteiger partial charge is 0.333 e. The minimum atomic E-state index is -1.91. The highest BCUT2D eigenvalue weighted by atomic mass is 16.8. The maximum atomic E-state index is 13.4. The average Bonchev–Trinajstić information content (AvgIpc) is 0.803. The third kappa shape index (κ3) is 24.2.